The molecule has 1 aromatic carbocycles. The van der Waals surface area contributed by atoms with Crippen LogP contribution in [-0.2, 0) is 4.79 Å². The number of urea groups is 1. The van der Waals surface area contributed by atoms with Crippen LogP contribution >= 0.6 is 0 Å². The molecule has 1 aromatic rings. The van der Waals surface area contributed by atoms with Crippen molar-refractivity contribution in [3.63, 3.8) is 0 Å². The minimum atomic E-state index is -0.286. The molecule has 4 rings (SSSR count). The Hall–Kier alpha value is -2.11. The Morgan fingerprint density at radius 2 is 1.82 bits per heavy atom. The van der Waals surface area contributed by atoms with E-state index in [1.54, 1.807) is 25.1 Å². The fourth-order valence-corrected chi connectivity index (χ4v) is 5.40. The molecule has 2 saturated heterocycles. The largest absolute Gasteiger partial charge is 0.342 e. The fourth-order valence-electron chi connectivity index (χ4n) is 5.40. The molecule has 2 heterocycles. The molecule has 6 heteroatoms. The van der Waals surface area contributed by atoms with Crippen molar-refractivity contribution in [3.8, 4) is 0 Å². The number of halogens is 1. The van der Waals surface area contributed by atoms with Gasteiger partial charge in [0, 0.05) is 51.5 Å². The molecule has 0 N–H and O–H groups in total. The number of likely N-dealkylation sites (tertiary alicyclic amines) is 2. The van der Waals surface area contributed by atoms with E-state index in [0.717, 1.165) is 31.2 Å². The zero-order chi connectivity index (χ0) is 19.8. The number of hydrogen-bond donors (Lipinski definition) is 0. The smallest absolute Gasteiger partial charge is 0.320 e. The standard InChI is InChI=1S/C22H30FN3O2/c1-24(2)22(28)26-13-17-12-25(21(27)15-7-4-3-5-8-15)14-19(17)20(26)16-9-6-10-18(23)11-16/h6,9-11,15,17,19-20H,3-5,7-8,12-14H2,1-2H3/t17-,19-,20-/m1/s1. The van der Waals surface area contributed by atoms with Crippen LogP contribution in [0.25, 0.3) is 0 Å². The van der Waals surface area contributed by atoms with Gasteiger partial charge in [0.15, 0.2) is 0 Å². The number of rotatable bonds is 2. The van der Waals surface area contributed by atoms with Gasteiger partial charge in [0.25, 0.3) is 0 Å². The topological polar surface area (TPSA) is 43.9 Å². The summed E-state index contributed by atoms with van der Waals surface area (Å²) < 4.78 is 13.9. The van der Waals surface area contributed by atoms with Crippen LogP contribution in [0, 0.1) is 23.6 Å². The maximum absolute atomic E-state index is 13.9. The molecule has 3 atom stereocenters. The van der Waals surface area contributed by atoms with Gasteiger partial charge in [0.2, 0.25) is 5.91 Å². The van der Waals surface area contributed by atoms with Gasteiger partial charge in [-0.15, -0.1) is 0 Å². The van der Waals surface area contributed by atoms with Crippen LogP contribution in [0.4, 0.5) is 9.18 Å². The predicted molar refractivity (Wildman–Crippen MR) is 105 cm³/mol. The third kappa shape index (κ3) is 3.49. The monoisotopic (exact) mass is 387 g/mol. The molecule has 0 unspecified atom stereocenters. The number of carbonyl (C=O) groups excluding carboxylic acids is 2. The Kier molecular flexibility index (Phi) is 5.30. The number of carbonyl (C=O) groups is 2. The maximum atomic E-state index is 13.9. The van der Waals surface area contributed by atoms with Gasteiger partial charge in [0.05, 0.1) is 6.04 Å². The summed E-state index contributed by atoms with van der Waals surface area (Å²) in [7, 11) is 3.50. The van der Waals surface area contributed by atoms with Gasteiger partial charge >= 0.3 is 6.03 Å². The lowest BCUT2D eigenvalue weighted by Crippen LogP contribution is -2.43. The first-order valence-corrected chi connectivity index (χ1v) is 10.5. The van der Waals surface area contributed by atoms with Crippen molar-refractivity contribution in [2.45, 2.75) is 38.1 Å². The van der Waals surface area contributed by atoms with Crippen LogP contribution in [-0.4, -0.2) is 60.4 Å². The van der Waals surface area contributed by atoms with Crippen molar-refractivity contribution < 1.29 is 14.0 Å². The van der Waals surface area contributed by atoms with E-state index < -0.39 is 0 Å². The highest BCUT2D eigenvalue weighted by Crippen LogP contribution is 2.46. The maximum Gasteiger partial charge on any atom is 0.320 e. The highest BCUT2D eigenvalue weighted by Gasteiger charge is 2.50. The molecule has 2 aliphatic heterocycles. The number of amides is 3. The summed E-state index contributed by atoms with van der Waals surface area (Å²) >= 11 is 0. The zero-order valence-electron chi connectivity index (χ0n) is 16.8. The molecule has 0 spiro atoms. The molecule has 0 bridgehead atoms. The van der Waals surface area contributed by atoms with Crippen molar-refractivity contribution in [2.75, 3.05) is 33.7 Å². The first kappa shape index (κ1) is 19.2. The summed E-state index contributed by atoms with van der Waals surface area (Å²) in [4.78, 5) is 31.3. The molecule has 5 nitrogen and oxygen atoms in total. The third-order valence-electron chi connectivity index (χ3n) is 6.75. The Morgan fingerprint density at radius 3 is 2.50 bits per heavy atom. The molecule has 0 radical (unpaired) electrons. The van der Waals surface area contributed by atoms with E-state index >= 15 is 0 Å². The second kappa shape index (κ2) is 7.72. The van der Waals surface area contributed by atoms with Crippen LogP contribution < -0.4 is 0 Å². The first-order valence-electron chi connectivity index (χ1n) is 10.5. The van der Waals surface area contributed by atoms with Crippen LogP contribution in [0.5, 0.6) is 0 Å². The number of hydrogen-bond acceptors (Lipinski definition) is 2. The predicted octanol–water partition coefficient (Wildman–Crippen LogP) is 3.52. The van der Waals surface area contributed by atoms with Gasteiger partial charge in [-0.1, -0.05) is 31.4 Å². The van der Waals surface area contributed by atoms with Crippen LogP contribution in [0.2, 0.25) is 0 Å². The van der Waals surface area contributed by atoms with Crippen molar-refractivity contribution in [1.29, 1.82) is 0 Å². The summed E-state index contributed by atoms with van der Waals surface area (Å²) in [6.45, 7) is 2.00. The lowest BCUT2D eigenvalue weighted by molar-refractivity contribution is -0.135. The first-order chi connectivity index (χ1) is 13.5. The van der Waals surface area contributed by atoms with E-state index in [9.17, 15) is 14.0 Å². The fraction of sp³-hybridized carbons (Fsp3) is 0.636. The Balaban J connectivity index is 1.56. The van der Waals surface area contributed by atoms with E-state index in [-0.39, 0.29) is 41.6 Å². The average molecular weight is 387 g/mol. The van der Waals surface area contributed by atoms with Crippen molar-refractivity contribution in [1.82, 2.24) is 14.7 Å². The molecule has 0 aromatic heterocycles. The molecule has 1 saturated carbocycles. The molecular formula is C22H30FN3O2. The Labute approximate surface area is 166 Å². The van der Waals surface area contributed by atoms with Gasteiger partial charge in [-0.3, -0.25) is 4.79 Å². The SMILES string of the molecule is CN(C)C(=O)N1C[C@H]2CN(C(=O)C3CCCCC3)C[C@H]2[C@H]1c1cccc(F)c1. The summed E-state index contributed by atoms with van der Waals surface area (Å²) in [5.74, 6) is 0.589. The minimum absolute atomic E-state index is 0.0474. The lowest BCUT2D eigenvalue weighted by atomic mass is 9.88. The van der Waals surface area contributed by atoms with Gasteiger partial charge in [-0.2, -0.15) is 0 Å². The van der Waals surface area contributed by atoms with Crippen LogP contribution in [0.1, 0.15) is 43.7 Å². The van der Waals surface area contributed by atoms with Gasteiger partial charge in [-0.05, 0) is 30.5 Å². The van der Waals surface area contributed by atoms with Crippen molar-refractivity contribution in [3.05, 3.63) is 35.6 Å². The summed E-state index contributed by atoms with van der Waals surface area (Å²) in [6, 6.07) is 6.35. The van der Waals surface area contributed by atoms with Gasteiger partial charge in [0.1, 0.15) is 5.82 Å². The molecule has 1 aliphatic carbocycles. The van der Waals surface area contributed by atoms with Crippen molar-refractivity contribution in [2.24, 2.45) is 17.8 Å². The zero-order valence-corrected chi connectivity index (χ0v) is 16.8. The summed E-state index contributed by atoms with van der Waals surface area (Å²) in [5, 5.41) is 0. The average Bonchev–Trinajstić information content (AvgIpc) is 3.25. The van der Waals surface area contributed by atoms with Gasteiger partial charge < -0.3 is 14.7 Å². The molecule has 3 fully saturated rings. The minimum Gasteiger partial charge on any atom is -0.342 e. The van der Waals surface area contributed by atoms with E-state index in [0.29, 0.717) is 19.6 Å². The highest BCUT2D eigenvalue weighted by atomic mass is 19.1. The highest BCUT2D eigenvalue weighted by molar-refractivity contribution is 5.79. The van der Waals surface area contributed by atoms with Crippen LogP contribution in [0.3, 0.4) is 0 Å². The Morgan fingerprint density at radius 1 is 1.07 bits per heavy atom. The normalized spacial score (nSPS) is 27.8. The number of benzene rings is 1. The summed E-state index contributed by atoms with van der Waals surface area (Å²) in [6.07, 6.45) is 5.53. The number of fused-ring (bicyclic) bond motifs is 1. The molecule has 3 aliphatic rings. The van der Waals surface area contributed by atoms with E-state index in [2.05, 4.69) is 0 Å². The molecule has 3 amide bonds. The third-order valence-corrected chi connectivity index (χ3v) is 6.75. The van der Waals surface area contributed by atoms with E-state index in [4.69, 9.17) is 0 Å². The second-order valence-electron chi connectivity index (χ2n) is 8.83. The van der Waals surface area contributed by atoms with E-state index in [1.807, 2.05) is 15.9 Å². The molecular weight excluding hydrogens is 357 g/mol. The quantitative estimate of drug-likeness (QED) is 0.779. The molecule has 152 valence electrons. The van der Waals surface area contributed by atoms with E-state index in [1.165, 1.54) is 18.6 Å². The van der Waals surface area contributed by atoms with Crippen LogP contribution in [0.15, 0.2) is 24.3 Å². The lowest BCUT2D eigenvalue weighted by Gasteiger charge is -2.33. The second-order valence-corrected chi connectivity index (χ2v) is 8.83. The molecule has 28 heavy (non-hydrogen) atoms. The van der Waals surface area contributed by atoms with Gasteiger partial charge in [-0.25, -0.2) is 9.18 Å². The Bertz CT molecular complexity index is 747. The van der Waals surface area contributed by atoms with Crippen molar-refractivity contribution >= 4 is 11.9 Å². The summed E-state index contributed by atoms with van der Waals surface area (Å²) in [5.41, 5.74) is 0.828. The number of nitrogens with zero attached hydrogens (tertiary/aromatic N) is 3.